The summed E-state index contributed by atoms with van der Waals surface area (Å²) in [6.07, 6.45) is 5.49. The van der Waals surface area contributed by atoms with E-state index >= 15 is 0 Å². The van der Waals surface area contributed by atoms with Crippen LogP contribution in [0.2, 0.25) is 5.15 Å². The Kier molecular flexibility index (Phi) is 6.82. The summed E-state index contributed by atoms with van der Waals surface area (Å²) in [7, 11) is 0. The number of thioether (sulfide) groups is 1. The fourth-order valence-electron chi connectivity index (χ4n) is 3.43. The van der Waals surface area contributed by atoms with E-state index in [9.17, 15) is 4.79 Å². The molecule has 0 aromatic carbocycles. The van der Waals surface area contributed by atoms with Crippen LogP contribution < -0.4 is 10.2 Å². The lowest BCUT2D eigenvalue weighted by molar-refractivity contribution is -0.115. The molecule has 4 rings (SSSR count). The maximum atomic E-state index is 12.7. The highest BCUT2D eigenvalue weighted by Crippen LogP contribution is 2.30. The number of nitrogens with zero attached hydrogens (tertiary/aromatic N) is 5. The van der Waals surface area contributed by atoms with Crippen LogP contribution in [0, 0.1) is 5.92 Å². The molecule has 0 spiro atoms. The molecule has 0 saturated carbocycles. The lowest BCUT2D eigenvalue weighted by atomic mass is 10.00. The van der Waals surface area contributed by atoms with Gasteiger partial charge in [-0.3, -0.25) is 9.36 Å². The third kappa shape index (κ3) is 5.22. The SMILES string of the molecule is CC1CCN(c2nnc(SC(C)C(=O)Nc3cccnc3Cl)n2Cc2ccco2)CC1. The van der Waals surface area contributed by atoms with Crippen molar-refractivity contribution in [2.24, 2.45) is 5.92 Å². The van der Waals surface area contributed by atoms with Crippen LogP contribution in [0.5, 0.6) is 0 Å². The highest BCUT2D eigenvalue weighted by Gasteiger charge is 2.26. The number of hydrogen-bond donors (Lipinski definition) is 1. The number of aromatic nitrogens is 4. The second kappa shape index (κ2) is 9.74. The van der Waals surface area contributed by atoms with Crippen molar-refractivity contribution in [1.29, 1.82) is 0 Å². The van der Waals surface area contributed by atoms with Crippen molar-refractivity contribution in [3.05, 3.63) is 47.6 Å². The van der Waals surface area contributed by atoms with Crippen molar-refractivity contribution in [2.45, 2.75) is 43.6 Å². The molecule has 164 valence electrons. The Bertz CT molecular complexity index is 1020. The summed E-state index contributed by atoms with van der Waals surface area (Å²) in [5.74, 6) is 2.16. The molecule has 10 heteroatoms. The molecule has 1 unspecified atom stereocenters. The number of halogens is 1. The molecule has 1 saturated heterocycles. The molecule has 0 aliphatic carbocycles. The number of carbonyl (C=O) groups excluding carboxylic acids is 1. The van der Waals surface area contributed by atoms with Crippen molar-refractivity contribution in [3.8, 4) is 0 Å². The monoisotopic (exact) mass is 460 g/mol. The number of rotatable bonds is 7. The molecule has 0 radical (unpaired) electrons. The van der Waals surface area contributed by atoms with Gasteiger partial charge in [0.2, 0.25) is 11.9 Å². The van der Waals surface area contributed by atoms with Crippen LogP contribution in [-0.4, -0.2) is 44.0 Å². The zero-order valence-electron chi connectivity index (χ0n) is 17.5. The van der Waals surface area contributed by atoms with E-state index in [1.165, 1.54) is 11.8 Å². The Morgan fingerprint density at radius 2 is 2.13 bits per heavy atom. The minimum Gasteiger partial charge on any atom is -0.467 e. The van der Waals surface area contributed by atoms with Gasteiger partial charge in [-0.05, 0) is 49.9 Å². The molecule has 31 heavy (non-hydrogen) atoms. The maximum Gasteiger partial charge on any atom is 0.237 e. The number of hydrogen-bond acceptors (Lipinski definition) is 7. The number of furan rings is 1. The molecule has 1 fully saturated rings. The van der Waals surface area contributed by atoms with E-state index in [0.717, 1.165) is 43.6 Å². The summed E-state index contributed by atoms with van der Waals surface area (Å²) in [4.78, 5) is 19.0. The van der Waals surface area contributed by atoms with Crippen molar-refractivity contribution in [2.75, 3.05) is 23.3 Å². The van der Waals surface area contributed by atoms with E-state index in [1.54, 1.807) is 24.6 Å². The molecule has 3 aromatic rings. The van der Waals surface area contributed by atoms with Crippen molar-refractivity contribution < 1.29 is 9.21 Å². The first-order valence-electron chi connectivity index (χ1n) is 10.3. The number of amides is 1. The zero-order chi connectivity index (χ0) is 21.8. The van der Waals surface area contributed by atoms with Crippen molar-refractivity contribution in [1.82, 2.24) is 19.7 Å². The first kappa shape index (κ1) is 21.7. The van der Waals surface area contributed by atoms with Gasteiger partial charge >= 0.3 is 0 Å². The van der Waals surface area contributed by atoms with E-state index in [2.05, 4.69) is 32.3 Å². The minimum atomic E-state index is -0.412. The Morgan fingerprint density at radius 3 is 2.84 bits per heavy atom. The smallest absolute Gasteiger partial charge is 0.237 e. The van der Waals surface area contributed by atoms with Crippen LogP contribution in [0.25, 0.3) is 0 Å². The Labute approximate surface area is 190 Å². The Morgan fingerprint density at radius 1 is 1.32 bits per heavy atom. The van der Waals surface area contributed by atoms with Gasteiger partial charge in [-0.15, -0.1) is 10.2 Å². The molecular formula is C21H25ClN6O2S. The largest absolute Gasteiger partial charge is 0.467 e. The summed E-state index contributed by atoms with van der Waals surface area (Å²) in [6, 6.07) is 7.24. The van der Waals surface area contributed by atoms with Gasteiger partial charge in [0.05, 0.1) is 23.7 Å². The molecule has 0 bridgehead atoms. The van der Waals surface area contributed by atoms with Crippen LogP contribution in [0.3, 0.4) is 0 Å². The van der Waals surface area contributed by atoms with E-state index in [-0.39, 0.29) is 11.1 Å². The molecule has 1 N–H and O–H groups in total. The predicted octanol–water partition coefficient (Wildman–Crippen LogP) is 4.32. The lowest BCUT2D eigenvalue weighted by Gasteiger charge is -2.31. The van der Waals surface area contributed by atoms with Gasteiger partial charge in [0, 0.05) is 19.3 Å². The molecule has 3 aromatic heterocycles. The summed E-state index contributed by atoms with van der Waals surface area (Å²) in [6.45, 7) is 6.50. The first-order valence-corrected chi connectivity index (χ1v) is 11.6. The van der Waals surface area contributed by atoms with E-state index in [4.69, 9.17) is 16.0 Å². The van der Waals surface area contributed by atoms with Gasteiger partial charge < -0.3 is 14.6 Å². The first-order chi connectivity index (χ1) is 15.0. The van der Waals surface area contributed by atoms with Gasteiger partial charge in [0.1, 0.15) is 5.76 Å². The third-order valence-electron chi connectivity index (χ3n) is 5.33. The quantitative estimate of drug-likeness (QED) is 0.414. The standard InChI is InChI=1S/C21H25ClN6O2S/c1-14-7-10-27(11-8-14)20-25-26-21(28(20)13-16-5-4-12-30-16)31-15(2)19(29)24-17-6-3-9-23-18(17)22/h3-6,9,12,14-15H,7-8,10-11,13H2,1-2H3,(H,24,29). The fourth-order valence-corrected chi connectivity index (χ4v) is 4.44. The number of anilines is 2. The second-order valence-corrected chi connectivity index (χ2v) is 9.37. The van der Waals surface area contributed by atoms with Gasteiger partial charge in [-0.25, -0.2) is 4.98 Å². The maximum absolute atomic E-state index is 12.7. The fraction of sp³-hybridized carbons (Fsp3) is 0.429. The summed E-state index contributed by atoms with van der Waals surface area (Å²) < 4.78 is 7.59. The van der Waals surface area contributed by atoms with Gasteiger partial charge in [-0.2, -0.15) is 0 Å². The average molecular weight is 461 g/mol. The van der Waals surface area contributed by atoms with Crippen molar-refractivity contribution in [3.63, 3.8) is 0 Å². The minimum absolute atomic E-state index is 0.180. The second-order valence-electron chi connectivity index (χ2n) is 7.71. The van der Waals surface area contributed by atoms with Crippen LogP contribution in [-0.2, 0) is 11.3 Å². The molecular weight excluding hydrogens is 436 g/mol. The molecule has 1 atom stereocenters. The van der Waals surface area contributed by atoms with E-state index in [0.29, 0.717) is 17.4 Å². The molecule has 1 amide bonds. The molecule has 1 aliphatic rings. The van der Waals surface area contributed by atoms with Crippen LogP contribution in [0.1, 0.15) is 32.4 Å². The lowest BCUT2D eigenvalue weighted by Crippen LogP contribution is -2.35. The number of nitrogens with one attached hydrogen (secondary N) is 1. The van der Waals surface area contributed by atoms with Crippen LogP contribution >= 0.6 is 23.4 Å². The van der Waals surface area contributed by atoms with E-state index < -0.39 is 5.25 Å². The Hall–Kier alpha value is -2.52. The van der Waals surface area contributed by atoms with E-state index in [1.807, 2.05) is 23.6 Å². The normalized spacial score (nSPS) is 15.8. The third-order valence-corrected chi connectivity index (χ3v) is 6.71. The molecule has 8 nitrogen and oxygen atoms in total. The number of piperidine rings is 1. The summed E-state index contributed by atoms with van der Waals surface area (Å²) >= 11 is 7.42. The summed E-state index contributed by atoms with van der Waals surface area (Å²) in [5, 5.41) is 12.2. The zero-order valence-corrected chi connectivity index (χ0v) is 19.1. The highest BCUT2D eigenvalue weighted by molar-refractivity contribution is 8.00. The van der Waals surface area contributed by atoms with Crippen LogP contribution in [0.4, 0.5) is 11.6 Å². The van der Waals surface area contributed by atoms with Gasteiger partial charge in [0.15, 0.2) is 10.3 Å². The molecule has 4 heterocycles. The van der Waals surface area contributed by atoms with Crippen molar-refractivity contribution >= 4 is 40.9 Å². The average Bonchev–Trinajstić information content (AvgIpc) is 3.41. The van der Waals surface area contributed by atoms with Crippen LogP contribution in [0.15, 0.2) is 46.3 Å². The van der Waals surface area contributed by atoms with Gasteiger partial charge in [0.25, 0.3) is 0 Å². The highest BCUT2D eigenvalue weighted by atomic mass is 35.5. The summed E-state index contributed by atoms with van der Waals surface area (Å²) in [5.41, 5.74) is 0.488. The number of carbonyl (C=O) groups is 1. The van der Waals surface area contributed by atoms with Gasteiger partial charge in [-0.1, -0.05) is 30.3 Å². The molecule has 1 aliphatic heterocycles. The number of pyridine rings is 1. The topological polar surface area (TPSA) is 89.1 Å². The Balaban J connectivity index is 1.52. The predicted molar refractivity (Wildman–Crippen MR) is 122 cm³/mol.